The van der Waals surface area contributed by atoms with Crippen LogP contribution in [0.5, 0.6) is 0 Å². The lowest BCUT2D eigenvalue weighted by Gasteiger charge is -2.31. The van der Waals surface area contributed by atoms with Crippen molar-refractivity contribution in [1.82, 2.24) is 5.32 Å². The maximum atomic E-state index is 11.7. The molecule has 1 aliphatic rings. The van der Waals surface area contributed by atoms with E-state index in [0.717, 1.165) is 12.8 Å². The molecule has 0 aromatic heterocycles. The largest absolute Gasteiger partial charge is 0.409 e. The highest BCUT2D eigenvalue weighted by atomic mass is 16.4. The van der Waals surface area contributed by atoms with Gasteiger partial charge in [-0.1, -0.05) is 19.0 Å². The number of amides is 1. The van der Waals surface area contributed by atoms with Gasteiger partial charge in [0.25, 0.3) is 0 Å². The lowest BCUT2D eigenvalue weighted by molar-refractivity contribution is -0.123. The Kier molecular flexibility index (Phi) is 3.55. The molecular weight excluding hydrogens is 194 g/mol. The van der Waals surface area contributed by atoms with Gasteiger partial charge in [-0.15, -0.1) is 0 Å². The molecule has 4 N–H and O–H groups in total. The summed E-state index contributed by atoms with van der Waals surface area (Å²) in [5.74, 6) is 0.237. The van der Waals surface area contributed by atoms with Crippen molar-refractivity contribution in [2.75, 3.05) is 0 Å². The molecule has 0 atom stereocenters. The van der Waals surface area contributed by atoms with Gasteiger partial charge in [0.05, 0.1) is 0 Å². The van der Waals surface area contributed by atoms with Crippen molar-refractivity contribution in [1.29, 1.82) is 0 Å². The molecule has 0 aliphatic heterocycles. The number of nitrogens with zero attached hydrogens (tertiary/aromatic N) is 1. The van der Waals surface area contributed by atoms with Gasteiger partial charge < -0.3 is 16.3 Å². The molecule has 5 heteroatoms. The molecule has 5 nitrogen and oxygen atoms in total. The second-order valence-electron chi connectivity index (χ2n) is 4.04. The zero-order valence-electron chi connectivity index (χ0n) is 9.29. The highest BCUT2D eigenvalue weighted by Crippen LogP contribution is 2.30. The van der Waals surface area contributed by atoms with Crippen LogP contribution >= 0.6 is 0 Å². The fourth-order valence-corrected chi connectivity index (χ4v) is 1.63. The molecule has 1 fully saturated rings. The molecule has 1 rings (SSSR count). The molecule has 0 spiro atoms. The average molecular weight is 213 g/mol. The molecule has 1 saturated carbocycles. The molecule has 0 aromatic rings. The predicted octanol–water partition coefficient (Wildman–Crippen LogP) is 0.818. The summed E-state index contributed by atoms with van der Waals surface area (Å²) in [7, 11) is 0. The van der Waals surface area contributed by atoms with Gasteiger partial charge >= 0.3 is 0 Å². The standard InChI is InChI=1S/C10H19N3O2/c1-3-10(4-2,9(11)13-15)12-8(14)7-5-6-7/h7,15H,3-6H2,1-2H3,(H2,11,13)(H,12,14). The van der Waals surface area contributed by atoms with Crippen molar-refractivity contribution >= 4 is 11.7 Å². The number of hydrogen-bond donors (Lipinski definition) is 3. The smallest absolute Gasteiger partial charge is 0.223 e. The number of hydrogen-bond acceptors (Lipinski definition) is 3. The molecule has 86 valence electrons. The third kappa shape index (κ3) is 2.40. The van der Waals surface area contributed by atoms with Crippen LogP contribution in [0.15, 0.2) is 5.16 Å². The fraction of sp³-hybridized carbons (Fsp3) is 0.800. The van der Waals surface area contributed by atoms with Crippen LogP contribution in [-0.4, -0.2) is 22.5 Å². The number of nitrogens with two attached hydrogens (primary N) is 1. The molecule has 0 saturated heterocycles. The molecule has 0 aromatic carbocycles. The Hall–Kier alpha value is -1.26. The maximum Gasteiger partial charge on any atom is 0.223 e. The quantitative estimate of drug-likeness (QED) is 0.273. The first-order chi connectivity index (χ1) is 7.09. The van der Waals surface area contributed by atoms with E-state index in [9.17, 15) is 4.79 Å². The van der Waals surface area contributed by atoms with Crippen molar-refractivity contribution in [3.8, 4) is 0 Å². The summed E-state index contributed by atoms with van der Waals surface area (Å²) in [6, 6.07) is 0. The second kappa shape index (κ2) is 4.51. The van der Waals surface area contributed by atoms with Gasteiger partial charge in [0, 0.05) is 5.92 Å². The summed E-state index contributed by atoms with van der Waals surface area (Å²) < 4.78 is 0. The number of amidine groups is 1. The van der Waals surface area contributed by atoms with E-state index < -0.39 is 5.54 Å². The van der Waals surface area contributed by atoms with Gasteiger partial charge in [-0.25, -0.2) is 0 Å². The topological polar surface area (TPSA) is 87.7 Å². The first-order valence-corrected chi connectivity index (χ1v) is 5.39. The monoisotopic (exact) mass is 213 g/mol. The third-order valence-corrected chi connectivity index (χ3v) is 3.12. The fourth-order valence-electron chi connectivity index (χ4n) is 1.63. The predicted molar refractivity (Wildman–Crippen MR) is 57.6 cm³/mol. The zero-order chi connectivity index (χ0) is 11.5. The van der Waals surface area contributed by atoms with Crippen LogP contribution in [-0.2, 0) is 4.79 Å². The molecule has 15 heavy (non-hydrogen) atoms. The van der Waals surface area contributed by atoms with Crippen LogP contribution in [0.4, 0.5) is 0 Å². The van der Waals surface area contributed by atoms with Gasteiger partial charge in [-0.2, -0.15) is 0 Å². The lowest BCUT2D eigenvalue weighted by Crippen LogP contribution is -2.57. The van der Waals surface area contributed by atoms with Crippen molar-refractivity contribution in [3.63, 3.8) is 0 Å². The van der Waals surface area contributed by atoms with Crippen LogP contribution in [0.1, 0.15) is 39.5 Å². The third-order valence-electron chi connectivity index (χ3n) is 3.12. The van der Waals surface area contributed by atoms with Gasteiger partial charge in [0.15, 0.2) is 5.84 Å². The Labute approximate surface area is 89.7 Å². The maximum absolute atomic E-state index is 11.7. The highest BCUT2D eigenvalue weighted by Gasteiger charge is 2.38. The summed E-state index contributed by atoms with van der Waals surface area (Å²) in [5.41, 5.74) is 4.94. The average Bonchev–Trinajstić information content (AvgIpc) is 3.08. The molecule has 1 aliphatic carbocycles. The highest BCUT2D eigenvalue weighted by molar-refractivity contribution is 5.94. The SMILES string of the molecule is CCC(CC)(NC(=O)C1CC1)/C(N)=N/O. The van der Waals surface area contributed by atoms with Crippen LogP contribution in [0.2, 0.25) is 0 Å². The van der Waals surface area contributed by atoms with E-state index in [1.165, 1.54) is 0 Å². The van der Waals surface area contributed by atoms with Gasteiger partial charge in [0.2, 0.25) is 5.91 Å². The van der Waals surface area contributed by atoms with Crippen LogP contribution in [0.25, 0.3) is 0 Å². The molecular formula is C10H19N3O2. The molecule has 0 heterocycles. The van der Waals surface area contributed by atoms with E-state index in [-0.39, 0.29) is 17.7 Å². The lowest BCUT2D eigenvalue weighted by atomic mass is 9.91. The van der Waals surface area contributed by atoms with Gasteiger partial charge in [0.1, 0.15) is 5.54 Å². The van der Waals surface area contributed by atoms with Crippen LogP contribution < -0.4 is 11.1 Å². The minimum absolute atomic E-state index is 0.0188. The van der Waals surface area contributed by atoms with Crippen molar-refractivity contribution < 1.29 is 10.0 Å². The Balaban J connectivity index is 2.75. The van der Waals surface area contributed by atoms with Crippen molar-refractivity contribution in [2.24, 2.45) is 16.8 Å². The number of rotatable bonds is 5. The zero-order valence-corrected chi connectivity index (χ0v) is 9.29. The van der Waals surface area contributed by atoms with Gasteiger partial charge in [-0.3, -0.25) is 4.79 Å². The van der Waals surface area contributed by atoms with E-state index in [2.05, 4.69) is 10.5 Å². The molecule has 0 radical (unpaired) electrons. The molecule has 0 unspecified atom stereocenters. The summed E-state index contributed by atoms with van der Waals surface area (Å²) in [5, 5.41) is 14.6. The normalized spacial score (nSPS) is 17.6. The van der Waals surface area contributed by atoms with E-state index >= 15 is 0 Å². The van der Waals surface area contributed by atoms with E-state index in [1.807, 2.05) is 13.8 Å². The second-order valence-corrected chi connectivity index (χ2v) is 4.04. The summed E-state index contributed by atoms with van der Waals surface area (Å²) in [6.07, 6.45) is 3.15. The summed E-state index contributed by atoms with van der Waals surface area (Å²) >= 11 is 0. The summed E-state index contributed by atoms with van der Waals surface area (Å²) in [6.45, 7) is 3.82. The van der Waals surface area contributed by atoms with E-state index in [1.54, 1.807) is 0 Å². The molecule has 1 amide bonds. The van der Waals surface area contributed by atoms with Crippen molar-refractivity contribution in [2.45, 2.75) is 45.1 Å². The van der Waals surface area contributed by atoms with Gasteiger partial charge in [-0.05, 0) is 25.7 Å². The number of oxime groups is 1. The Morgan fingerprint density at radius 3 is 2.40 bits per heavy atom. The van der Waals surface area contributed by atoms with Crippen LogP contribution in [0.3, 0.4) is 0 Å². The minimum atomic E-state index is -0.686. The van der Waals surface area contributed by atoms with Crippen LogP contribution in [0, 0.1) is 5.92 Å². The van der Waals surface area contributed by atoms with E-state index in [4.69, 9.17) is 10.9 Å². The molecule has 0 bridgehead atoms. The Morgan fingerprint density at radius 2 is 2.07 bits per heavy atom. The number of carbonyl (C=O) groups is 1. The number of carbonyl (C=O) groups excluding carboxylic acids is 1. The van der Waals surface area contributed by atoms with E-state index in [0.29, 0.717) is 12.8 Å². The summed E-state index contributed by atoms with van der Waals surface area (Å²) in [4.78, 5) is 11.7. The Bertz CT molecular complexity index is 268. The Morgan fingerprint density at radius 1 is 1.53 bits per heavy atom. The first-order valence-electron chi connectivity index (χ1n) is 5.39. The number of nitrogens with one attached hydrogen (secondary N) is 1. The first kappa shape index (κ1) is 11.8. The van der Waals surface area contributed by atoms with Crippen molar-refractivity contribution in [3.05, 3.63) is 0 Å². The minimum Gasteiger partial charge on any atom is -0.409 e.